The molecule has 0 spiro atoms. The number of hydrogen-bond donors (Lipinski definition) is 2. The highest BCUT2D eigenvalue weighted by Crippen LogP contribution is 2.15. The van der Waals surface area contributed by atoms with Crippen LogP contribution in [0.1, 0.15) is 13.3 Å². The van der Waals surface area contributed by atoms with Crippen LogP contribution in [0.15, 0.2) is 27.0 Å². The molecule has 1 amide bonds. The van der Waals surface area contributed by atoms with E-state index >= 15 is 0 Å². The van der Waals surface area contributed by atoms with Gasteiger partial charge in [0, 0.05) is 6.54 Å². The van der Waals surface area contributed by atoms with Crippen molar-refractivity contribution in [1.82, 2.24) is 10.6 Å². The van der Waals surface area contributed by atoms with Crippen LogP contribution < -0.4 is 10.6 Å². The number of guanidine groups is 1. The van der Waals surface area contributed by atoms with E-state index in [4.69, 9.17) is 0 Å². The Morgan fingerprint density at radius 3 is 3.29 bits per heavy atom. The largest absolute Gasteiger partial charge is 0.329 e. The predicted octanol–water partition coefficient (Wildman–Crippen LogP) is 0.148. The van der Waals surface area contributed by atoms with Gasteiger partial charge >= 0.3 is 0 Å². The summed E-state index contributed by atoms with van der Waals surface area (Å²) in [5.74, 6) is 0.313. The van der Waals surface area contributed by atoms with Crippen molar-refractivity contribution >= 4 is 11.9 Å². The Labute approximate surface area is 81.2 Å². The van der Waals surface area contributed by atoms with Crippen molar-refractivity contribution in [3.8, 4) is 0 Å². The first kappa shape index (κ1) is 8.86. The molecular weight excluding hydrogens is 182 g/mol. The average Bonchev–Trinajstić information content (AvgIpc) is 2.63. The standard InChI is InChI=1S/C8H11N5O/c1-2-3-9-8-11-6-5(4-10-13-6)7(14)12-8/h4,6H,2-3H2,1H3,(H2,9,11,12,14). The third-order valence-electron chi connectivity index (χ3n) is 1.93. The highest BCUT2D eigenvalue weighted by Gasteiger charge is 2.30. The zero-order chi connectivity index (χ0) is 9.97. The molecule has 6 heteroatoms. The Morgan fingerprint density at radius 1 is 1.64 bits per heavy atom. The molecule has 0 radical (unpaired) electrons. The van der Waals surface area contributed by atoms with E-state index < -0.39 is 0 Å². The average molecular weight is 193 g/mol. The second-order valence-corrected chi connectivity index (χ2v) is 3.05. The van der Waals surface area contributed by atoms with Gasteiger partial charge in [-0.3, -0.25) is 15.1 Å². The lowest BCUT2D eigenvalue weighted by Crippen LogP contribution is -2.53. The summed E-state index contributed by atoms with van der Waals surface area (Å²) in [5.41, 5.74) is 0.542. The van der Waals surface area contributed by atoms with Gasteiger partial charge in [-0.1, -0.05) is 6.92 Å². The van der Waals surface area contributed by atoms with Crippen molar-refractivity contribution in [2.75, 3.05) is 6.54 Å². The van der Waals surface area contributed by atoms with Gasteiger partial charge in [-0.15, -0.1) is 0 Å². The van der Waals surface area contributed by atoms with Crippen LogP contribution >= 0.6 is 0 Å². The molecule has 0 aliphatic carbocycles. The fourth-order valence-corrected chi connectivity index (χ4v) is 1.24. The first-order valence-corrected chi connectivity index (χ1v) is 4.53. The van der Waals surface area contributed by atoms with Gasteiger partial charge < -0.3 is 5.32 Å². The minimum absolute atomic E-state index is 0.173. The van der Waals surface area contributed by atoms with Gasteiger partial charge in [0.2, 0.25) is 0 Å². The fraction of sp³-hybridized carbons (Fsp3) is 0.500. The number of amides is 1. The number of fused-ring (bicyclic) bond motifs is 1. The van der Waals surface area contributed by atoms with E-state index in [9.17, 15) is 4.79 Å². The summed E-state index contributed by atoms with van der Waals surface area (Å²) in [4.78, 5) is 15.6. The highest BCUT2D eigenvalue weighted by atomic mass is 16.2. The third-order valence-corrected chi connectivity index (χ3v) is 1.93. The molecule has 0 aromatic carbocycles. The van der Waals surface area contributed by atoms with Gasteiger partial charge in [0.1, 0.15) is 0 Å². The molecule has 2 N–H and O–H groups in total. The molecule has 1 atom stereocenters. The minimum Gasteiger partial charge on any atom is -0.329 e. The van der Waals surface area contributed by atoms with Crippen LogP contribution in [0.5, 0.6) is 0 Å². The van der Waals surface area contributed by atoms with E-state index in [1.54, 1.807) is 0 Å². The molecule has 1 fully saturated rings. The monoisotopic (exact) mass is 193 g/mol. The zero-order valence-electron chi connectivity index (χ0n) is 7.82. The van der Waals surface area contributed by atoms with Gasteiger partial charge in [0.15, 0.2) is 12.1 Å². The number of carbonyl (C=O) groups is 1. The van der Waals surface area contributed by atoms with Crippen LogP contribution in [0.25, 0.3) is 0 Å². The first-order valence-electron chi connectivity index (χ1n) is 4.53. The van der Waals surface area contributed by atoms with Crippen molar-refractivity contribution in [3.05, 3.63) is 11.8 Å². The van der Waals surface area contributed by atoms with Gasteiger partial charge in [-0.05, 0) is 6.42 Å². The van der Waals surface area contributed by atoms with E-state index in [1.807, 2.05) is 6.92 Å². The normalized spacial score (nSPS) is 26.9. The second-order valence-electron chi connectivity index (χ2n) is 3.05. The first-order chi connectivity index (χ1) is 6.81. The van der Waals surface area contributed by atoms with Gasteiger partial charge in [-0.25, -0.2) is 0 Å². The van der Waals surface area contributed by atoms with E-state index in [-0.39, 0.29) is 12.1 Å². The van der Waals surface area contributed by atoms with Crippen LogP contribution in [0.3, 0.4) is 0 Å². The molecule has 1 unspecified atom stereocenters. The van der Waals surface area contributed by atoms with Gasteiger partial charge in [0.25, 0.3) is 5.91 Å². The smallest absolute Gasteiger partial charge is 0.259 e. The van der Waals surface area contributed by atoms with Crippen molar-refractivity contribution in [1.29, 1.82) is 0 Å². The lowest BCUT2D eigenvalue weighted by molar-refractivity contribution is -0.116. The maximum Gasteiger partial charge on any atom is 0.259 e. The van der Waals surface area contributed by atoms with Crippen LogP contribution in [0, 0.1) is 0 Å². The summed E-state index contributed by atoms with van der Waals surface area (Å²) in [7, 11) is 0. The van der Waals surface area contributed by atoms with Crippen molar-refractivity contribution in [2.24, 2.45) is 15.2 Å². The summed E-state index contributed by atoms with van der Waals surface area (Å²) in [6.07, 6.45) is 2.05. The summed E-state index contributed by atoms with van der Waals surface area (Å²) < 4.78 is 0. The molecule has 0 aromatic heterocycles. The quantitative estimate of drug-likeness (QED) is 0.654. The molecule has 2 aliphatic rings. The third kappa shape index (κ3) is 1.50. The molecule has 2 aliphatic heterocycles. The number of nitrogens with zero attached hydrogens (tertiary/aromatic N) is 3. The van der Waals surface area contributed by atoms with Crippen molar-refractivity contribution in [2.45, 2.75) is 19.5 Å². The molecule has 14 heavy (non-hydrogen) atoms. The van der Waals surface area contributed by atoms with E-state index in [0.29, 0.717) is 18.1 Å². The van der Waals surface area contributed by atoms with E-state index in [1.165, 1.54) is 6.20 Å². The highest BCUT2D eigenvalue weighted by molar-refractivity contribution is 6.09. The predicted molar refractivity (Wildman–Crippen MR) is 50.6 cm³/mol. The van der Waals surface area contributed by atoms with Gasteiger partial charge in [-0.2, -0.15) is 10.2 Å². The Balaban J connectivity index is 2.10. The van der Waals surface area contributed by atoms with Crippen LogP contribution in [-0.2, 0) is 4.79 Å². The SMILES string of the molecule is CCCN=C1NC(=O)C2=CN=NC2N1. The lowest BCUT2D eigenvalue weighted by Gasteiger charge is -2.21. The molecule has 1 saturated heterocycles. The van der Waals surface area contributed by atoms with E-state index in [0.717, 1.165) is 6.42 Å². The summed E-state index contributed by atoms with van der Waals surface area (Å²) in [6.45, 7) is 2.71. The Morgan fingerprint density at radius 2 is 2.50 bits per heavy atom. The molecule has 6 nitrogen and oxygen atoms in total. The molecule has 2 rings (SSSR count). The summed E-state index contributed by atoms with van der Waals surface area (Å²) in [6, 6.07) is 0. The van der Waals surface area contributed by atoms with Gasteiger partial charge in [0.05, 0.1) is 11.8 Å². The number of hydrogen-bond acceptors (Lipinski definition) is 4. The topological polar surface area (TPSA) is 78.2 Å². The molecule has 0 saturated carbocycles. The lowest BCUT2D eigenvalue weighted by atomic mass is 10.2. The number of carbonyl (C=O) groups excluding carboxylic acids is 1. The maximum absolute atomic E-state index is 11.4. The fourth-order valence-electron chi connectivity index (χ4n) is 1.24. The van der Waals surface area contributed by atoms with Crippen molar-refractivity contribution in [3.63, 3.8) is 0 Å². The molecule has 0 aromatic rings. The number of aliphatic imine (C=N–C) groups is 1. The number of rotatable bonds is 2. The number of nitrogens with one attached hydrogen (secondary N) is 2. The summed E-state index contributed by atoms with van der Waals surface area (Å²) in [5, 5.41) is 13.1. The molecular formula is C8H11N5O. The zero-order valence-corrected chi connectivity index (χ0v) is 7.82. The Hall–Kier alpha value is -1.72. The second kappa shape index (κ2) is 3.57. The number of azo groups is 1. The van der Waals surface area contributed by atoms with Crippen LogP contribution in [0.4, 0.5) is 0 Å². The van der Waals surface area contributed by atoms with Crippen LogP contribution in [0.2, 0.25) is 0 Å². The Kier molecular flexibility index (Phi) is 2.26. The summed E-state index contributed by atoms with van der Waals surface area (Å²) >= 11 is 0. The van der Waals surface area contributed by atoms with Crippen LogP contribution in [-0.4, -0.2) is 24.6 Å². The van der Waals surface area contributed by atoms with Crippen molar-refractivity contribution < 1.29 is 4.79 Å². The van der Waals surface area contributed by atoms with E-state index in [2.05, 4.69) is 25.9 Å². The maximum atomic E-state index is 11.4. The molecule has 74 valence electrons. The molecule has 0 bridgehead atoms. The minimum atomic E-state index is -0.348. The molecule has 2 heterocycles. The Bertz CT molecular complexity index is 344.